The number of carbonyl (C=O) groups is 2. The predicted octanol–water partition coefficient (Wildman–Crippen LogP) is 1.80. The summed E-state index contributed by atoms with van der Waals surface area (Å²) in [6, 6.07) is 1.12. The van der Waals surface area contributed by atoms with Crippen molar-refractivity contribution >= 4 is 11.9 Å². The van der Waals surface area contributed by atoms with Crippen LogP contribution in [0.2, 0.25) is 0 Å². The maximum Gasteiger partial charge on any atom is 0.374 e. The molecule has 98 valence electrons. The summed E-state index contributed by atoms with van der Waals surface area (Å²) in [7, 11) is 0. The van der Waals surface area contributed by atoms with Crippen molar-refractivity contribution in [3.8, 4) is 0 Å². The molecule has 0 saturated carbocycles. The number of aromatic nitrogens is 1. The predicted molar refractivity (Wildman–Crippen MR) is 64.4 cm³/mol. The van der Waals surface area contributed by atoms with E-state index >= 15 is 0 Å². The van der Waals surface area contributed by atoms with Crippen LogP contribution >= 0.6 is 0 Å². The molecule has 18 heavy (non-hydrogen) atoms. The fraction of sp³-hybridized carbons (Fsp3) is 0.417. The number of hydrogen-bond acceptors (Lipinski definition) is 4. The van der Waals surface area contributed by atoms with E-state index in [1.807, 2.05) is 20.8 Å². The van der Waals surface area contributed by atoms with Crippen LogP contribution in [0.4, 0.5) is 0 Å². The van der Waals surface area contributed by atoms with E-state index in [0.717, 1.165) is 6.07 Å². The fourth-order valence-electron chi connectivity index (χ4n) is 1.41. The Morgan fingerprint density at radius 3 is 2.56 bits per heavy atom. The van der Waals surface area contributed by atoms with E-state index in [-0.39, 0.29) is 11.5 Å². The van der Waals surface area contributed by atoms with Crippen molar-refractivity contribution in [1.82, 2.24) is 10.1 Å². The molecule has 0 aliphatic carbocycles. The Bertz CT molecular complexity index is 471. The van der Waals surface area contributed by atoms with E-state index in [4.69, 9.17) is 5.11 Å². The van der Waals surface area contributed by atoms with Gasteiger partial charge in [-0.25, -0.2) is 4.79 Å². The van der Waals surface area contributed by atoms with Crippen LogP contribution in [0.25, 0.3) is 0 Å². The van der Waals surface area contributed by atoms with Crippen LogP contribution in [0.1, 0.15) is 41.8 Å². The second-order valence-corrected chi connectivity index (χ2v) is 4.76. The molecule has 0 radical (unpaired) electrons. The normalized spacial score (nSPS) is 11.1. The monoisotopic (exact) mass is 252 g/mol. The maximum atomic E-state index is 12.2. The van der Waals surface area contributed by atoms with Gasteiger partial charge < -0.3 is 14.5 Å². The molecule has 0 unspecified atom stereocenters. The van der Waals surface area contributed by atoms with Gasteiger partial charge in [-0.15, -0.1) is 6.58 Å². The molecule has 0 fully saturated rings. The highest BCUT2D eigenvalue weighted by molar-refractivity contribution is 5.95. The second kappa shape index (κ2) is 5.03. The number of carboxylic acids is 1. The molecular formula is C12H16N2O4. The van der Waals surface area contributed by atoms with Crippen molar-refractivity contribution in [3.63, 3.8) is 0 Å². The number of aromatic carboxylic acids is 1. The summed E-state index contributed by atoms with van der Waals surface area (Å²) in [6.45, 7) is 9.54. The van der Waals surface area contributed by atoms with Gasteiger partial charge in [0.2, 0.25) is 5.76 Å². The van der Waals surface area contributed by atoms with Crippen molar-refractivity contribution in [2.45, 2.75) is 26.3 Å². The number of hydrogen-bond donors (Lipinski definition) is 1. The summed E-state index contributed by atoms with van der Waals surface area (Å²) in [6.07, 6.45) is 1.60. The first-order valence-corrected chi connectivity index (χ1v) is 5.40. The lowest BCUT2D eigenvalue weighted by Crippen LogP contribution is -2.45. The summed E-state index contributed by atoms with van der Waals surface area (Å²) in [4.78, 5) is 24.4. The highest BCUT2D eigenvalue weighted by atomic mass is 16.5. The average molecular weight is 252 g/mol. The molecule has 6 nitrogen and oxygen atoms in total. The third-order valence-electron chi connectivity index (χ3n) is 2.31. The zero-order valence-corrected chi connectivity index (χ0v) is 10.6. The van der Waals surface area contributed by atoms with Gasteiger partial charge in [-0.2, -0.15) is 0 Å². The van der Waals surface area contributed by atoms with Crippen molar-refractivity contribution in [1.29, 1.82) is 0 Å². The quantitative estimate of drug-likeness (QED) is 0.826. The van der Waals surface area contributed by atoms with Gasteiger partial charge in [-0.1, -0.05) is 11.2 Å². The van der Waals surface area contributed by atoms with Crippen LogP contribution < -0.4 is 0 Å². The molecule has 6 heteroatoms. The highest BCUT2D eigenvalue weighted by Gasteiger charge is 2.29. The van der Waals surface area contributed by atoms with Gasteiger partial charge >= 0.3 is 5.97 Å². The topological polar surface area (TPSA) is 83.6 Å². The minimum absolute atomic E-state index is 0.0239. The molecule has 1 N–H and O–H groups in total. The molecule has 1 amide bonds. The Labute approximate surface area is 105 Å². The molecule has 0 aliphatic rings. The lowest BCUT2D eigenvalue weighted by molar-refractivity contribution is 0.0598. The Balaban J connectivity index is 3.02. The summed E-state index contributed by atoms with van der Waals surface area (Å²) in [5.74, 6) is -2.00. The first-order valence-electron chi connectivity index (χ1n) is 5.40. The van der Waals surface area contributed by atoms with E-state index in [0.29, 0.717) is 6.54 Å². The van der Waals surface area contributed by atoms with Crippen LogP contribution in [-0.4, -0.2) is 39.1 Å². The number of carboxylic acid groups (broad SMARTS) is 1. The van der Waals surface area contributed by atoms with Crippen LogP contribution in [0.15, 0.2) is 23.2 Å². The lowest BCUT2D eigenvalue weighted by Gasteiger charge is -2.34. The van der Waals surface area contributed by atoms with E-state index in [1.54, 1.807) is 6.08 Å². The van der Waals surface area contributed by atoms with Crippen molar-refractivity contribution in [2.75, 3.05) is 6.54 Å². The third-order valence-corrected chi connectivity index (χ3v) is 2.31. The fourth-order valence-corrected chi connectivity index (χ4v) is 1.41. The number of amides is 1. The largest absolute Gasteiger partial charge is 0.475 e. The highest BCUT2D eigenvalue weighted by Crippen LogP contribution is 2.17. The lowest BCUT2D eigenvalue weighted by atomic mass is 10.1. The van der Waals surface area contributed by atoms with Crippen molar-refractivity contribution < 1.29 is 19.2 Å². The Kier molecular flexibility index (Phi) is 3.90. The summed E-state index contributed by atoms with van der Waals surface area (Å²) in [5, 5.41) is 12.2. The van der Waals surface area contributed by atoms with Gasteiger partial charge in [0, 0.05) is 18.2 Å². The minimum Gasteiger partial charge on any atom is -0.475 e. The van der Waals surface area contributed by atoms with E-state index in [9.17, 15) is 9.59 Å². The molecule has 0 atom stereocenters. The average Bonchev–Trinajstić information content (AvgIpc) is 2.72. The summed E-state index contributed by atoms with van der Waals surface area (Å²) < 4.78 is 4.57. The van der Waals surface area contributed by atoms with E-state index < -0.39 is 17.4 Å². The molecule has 1 aromatic heterocycles. The van der Waals surface area contributed by atoms with Gasteiger partial charge in [-0.05, 0) is 20.8 Å². The first-order chi connectivity index (χ1) is 8.27. The third kappa shape index (κ3) is 2.97. The molecule has 1 aromatic rings. The minimum atomic E-state index is -1.26. The number of nitrogens with zero attached hydrogens (tertiary/aromatic N) is 2. The second-order valence-electron chi connectivity index (χ2n) is 4.76. The summed E-state index contributed by atoms with van der Waals surface area (Å²) in [5.41, 5.74) is -0.447. The number of rotatable bonds is 4. The molecular weight excluding hydrogens is 236 g/mol. The first kappa shape index (κ1) is 14.0. The molecule has 0 bridgehead atoms. The molecule has 1 heterocycles. The van der Waals surface area contributed by atoms with Crippen LogP contribution in [0, 0.1) is 0 Å². The Morgan fingerprint density at radius 2 is 2.17 bits per heavy atom. The van der Waals surface area contributed by atoms with Crippen molar-refractivity contribution in [2.24, 2.45) is 0 Å². The zero-order chi connectivity index (χ0) is 13.9. The molecule has 0 saturated heterocycles. The molecule has 0 aromatic carbocycles. The van der Waals surface area contributed by atoms with Crippen molar-refractivity contribution in [3.05, 3.63) is 30.2 Å². The van der Waals surface area contributed by atoms with E-state index in [1.165, 1.54) is 4.90 Å². The SMILES string of the molecule is C=CCN(C(=O)c1cc(C(=O)O)on1)C(C)(C)C. The van der Waals surface area contributed by atoms with Gasteiger partial charge in [0.15, 0.2) is 5.69 Å². The van der Waals surface area contributed by atoms with E-state index in [2.05, 4.69) is 16.3 Å². The molecule has 0 aliphatic heterocycles. The van der Waals surface area contributed by atoms with Crippen LogP contribution in [0.3, 0.4) is 0 Å². The molecule has 1 rings (SSSR count). The Morgan fingerprint density at radius 1 is 1.56 bits per heavy atom. The van der Waals surface area contributed by atoms with Crippen LogP contribution in [0.5, 0.6) is 0 Å². The van der Waals surface area contributed by atoms with Gasteiger partial charge in [-0.3, -0.25) is 4.79 Å². The van der Waals surface area contributed by atoms with Gasteiger partial charge in [0.05, 0.1) is 0 Å². The standard InChI is InChI=1S/C12H16N2O4/c1-5-6-14(12(2,3)4)10(15)8-7-9(11(16)17)18-13-8/h5,7H,1,6H2,2-4H3,(H,16,17). The van der Waals surface area contributed by atoms with Crippen LogP contribution in [-0.2, 0) is 0 Å². The summed E-state index contributed by atoms with van der Waals surface area (Å²) >= 11 is 0. The number of carbonyl (C=O) groups excluding carboxylic acids is 1. The maximum absolute atomic E-state index is 12.2. The zero-order valence-electron chi connectivity index (χ0n) is 10.6. The molecule has 0 spiro atoms. The van der Waals surface area contributed by atoms with Gasteiger partial charge in [0.25, 0.3) is 5.91 Å². The van der Waals surface area contributed by atoms with Gasteiger partial charge in [0.1, 0.15) is 0 Å². The smallest absolute Gasteiger partial charge is 0.374 e. The Hall–Kier alpha value is -2.11.